The number of nitrogens with one attached hydrogen (secondary N) is 2. The maximum atomic E-state index is 13.0. The lowest BCUT2D eigenvalue weighted by Crippen LogP contribution is -2.44. The molecular formula is C20H24ClFN4O2S. The van der Waals surface area contributed by atoms with E-state index in [0.29, 0.717) is 10.6 Å². The van der Waals surface area contributed by atoms with E-state index in [1.165, 1.54) is 37.8 Å². The predicted octanol–water partition coefficient (Wildman–Crippen LogP) is 4.02. The number of hydrogen-bond donors (Lipinski definition) is 2. The molecule has 0 aliphatic carbocycles. The molecule has 2 aromatic rings. The smallest absolute Gasteiger partial charge is 0.263 e. The van der Waals surface area contributed by atoms with Gasteiger partial charge in [0.05, 0.1) is 21.8 Å². The lowest BCUT2D eigenvalue weighted by Gasteiger charge is -2.32. The number of pyridine rings is 1. The average Bonchev–Trinajstić information content (AvgIpc) is 3.24. The SMILES string of the molecule is Cc1cc(NCC23CCCN2CCC3)c(Cl)cc1S(=O)(=O)Nc1ccc(F)cn1. The fourth-order valence-electron chi connectivity index (χ4n) is 4.49. The van der Waals surface area contributed by atoms with Crippen LogP contribution in [0, 0.1) is 12.7 Å². The van der Waals surface area contributed by atoms with E-state index in [2.05, 4.69) is 19.9 Å². The van der Waals surface area contributed by atoms with Gasteiger partial charge in [0.15, 0.2) is 0 Å². The van der Waals surface area contributed by atoms with Gasteiger partial charge in [-0.2, -0.15) is 0 Å². The van der Waals surface area contributed by atoms with E-state index in [0.717, 1.165) is 37.6 Å². The van der Waals surface area contributed by atoms with Gasteiger partial charge in [0.25, 0.3) is 10.0 Å². The number of halogens is 2. The maximum Gasteiger partial charge on any atom is 0.263 e. The van der Waals surface area contributed by atoms with Crippen LogP contribution in [0.1, 0.15) is 31.2 Å². The van der Waals surface area contributed by atoms with Gasteiger partial charge in [-0.05, 0) is 75.5 Å². The number of fused-ring (bicyclic) bond motifs is 1. The monoisotopic (exact) mass is 438 g/mol. The van der Waals surface area contributed by atoms with Crippen LogP contribution in [-0.2, 0) is 10.0 Å². The van der Waals surface area contributed by atoms with E-state index in [-0.39, 0.29) is 16.3 Å². The van der Waals surface area contributed by atoms with Crippen molar-refractivity contribution < 1.29 is 12.8 Å². The zero-order chi connectivity index (χ0) is 20.6. The van der Waals surface area contributed by atoms with Crippen LogP contribution in [0.3, 0.4) is 0 Å². The zero-order valence-electron chi connectivity index (χ0n) is 16.2. The van der Waals surface area contributed by atoms with E-state index in [4.69, 9.17) is 11.6 Å². The highest BCUT2D eigenvalue weighted by atomic mass is 35.5. The highest BCUT2D eigenvalue weighted by molar-refractivity contribution is 7.92. The van der Waals surface area contributed by atoms with E-state index >= 15 is 0 Å². The molecule has 0 bridgehead atoms. The van der Waals surface area contributed by atoms with Gasteiger partial charge in [0.1, 0.15) is 11.6 Å². The highest BCUT2D eigenvalue weighted by Gasteiger charge is 2.43. The Morgan fingerprint density at radius 2 is 1.97 bits per heavy atom. The molecule has 0 amide bonds. The number of anilines is 2. The fourth-order valence-corrected chi connectivity index (χ4v) is 6.05. The highest BCUT2D eigenvalue weighted by Crippen LogP contribution is 2.39. The third kappa shape index (κ3) is 4.06. The number of benzene rings is 1. The number of rotatable bonds is 6. The zero-order valence-corrected chi connectivity index (χ0v) is 17.8. The van der Waals surface area contributed by atoms with Gasteiger partial charge in [-0.1, -0.05) is 11.6 Å². The van der Waals surface area contributed by atoms with Crippen molar-refractivity contribution in [3.63, 3.8) is 0 Å². The minimum Gasteiger partial charge on any atom is -0.382 e. The van der Waals surface area contributed by atoms with Gasteiger partial charge in [0.2, 0.25) is 0 Å². The summed E-state index contributed by atoms with van der Waals surface area (Å²) in [5, 5.41) is 3.80. The molecule has 0 atom stereocenters. The molecule has 1 aromatic heterocycles. The quantitative estimate of drug-likeness (QED) is 0.712. The minimum absolute atomic E-state index is 0.0470. The standard InChI is InChI=1S/C20H24ClFN4O2S/c1-14-10-17(24-13-20-6-2-8-26(20)9-3-7-20)16(21)11-18(14)29(27,28)25-19-5-4-15(22)12-23-19/h4-5,10-12,24H,2-3,6-9,13H2,1H3,(H,23,25). The Hall–Kier alpha value is -1.90. The van der Waals surface area contributed by atoms with Crippen LogP contribution < -0.4 is 10.0 Å². The summed E-state index contributed by atoms with van der Waals surface area (Å²) < 4.78 is 40.9. The van der Waals surface area contributed by atoms with Crippen LogP contribution in [0.5, 0.6) is 0 Å². The van der Waals surface area contributed by atoms with E-state index in [9.17, 15) is 12.8 Å². The Bertz CT molecular complexity index is 1000. The first-order valence-corrected chi connectivity index (χ1v) is 11.6. The Morgan fingerprint density at radius 1 is 1.24 bits per heavy atom. The van der Waals surface area contributed by atoms with Gasteiger partial charge < -0.3 is 5.32 Å². The van der Waals surface area contributed by atoms with Crippen LogP contribution in [0.15, 0.2) is 35.4 Å². The molecule has 2 aliphatic rings. The normalized spacial score (nSPS) is 18.6. The van der Waals surface area contributed by atoms with Crippen molar-refractivity contribution in [2.75, 3.05) is 29.7 Å². The van der Waals surface area contributed by atoms with Gasteiger partial charge >= 0.3 is 0 Å². The summed E-state index contributed by atoms with van der Waals surface area (Å²) >= 11 is 6.42. The average molecular weight is 439 g/mol. The lowest BCUT2D eigenvalue weighted by molar-refractivity contribution is 0.209. The Balaban J connectivity index is 1.53. The number of nitrogens with zero attached hydrogens (tertiary/aromatic N) is 2. The molecule has 3 heterocycles. The molecular weight excluding hydrogens is 415 g/mol. The van der Waals surface area contributed by atoms with Crippen molar-refractivity contribution in [2.45, 2.75) is 43.0 Å². The molecule has 1 aromatic carbocycles. The van der Waals surface area contributed by atoms with Crippen molar-refractivity contribution in [1.82, 2.24) is 9.88 Å². The summed E-state index contributed by atoms with van der Waals surface area (Å²) in [6, 6.07) is 5.63. The summed E-state index contributed by atoms with van der Waals surface area (Å²) in [4.78, 5) is 6.37. The largest absolute Gasteiger partial charge is 0.382 e. The molecule has 2 aliphatic heterocycles. The Kier molecular flexibility index (Phi) is 5.44. The molecule has 29 heavy (non-hydrogen) atoms. The van der Waals surface area contributed by atoms with Gasteiger partial charge in [-0.25, -0.2) is 17.8 Å². The lowest BCUT2D eigenvalue weighted by atomic mass is 9.94. The Morgan fingerprint density at radius 3 is 2.62 bits per heavy atom. The van der Waals surface area contributed by atoms with E-state index < -0.39 is 15.8 Å². The second-order valence-corrected chi connectivity index (χ2v) is 9.89. The third-order valence-electron chi connectivity index (χ3n) is 5.94. The van der Waals surface area contributed by atoms with Crippen LogP contribution >= 0.6 is 11.6 Å². The number of aromatic nitrogens is 1. The topological polar surface area (TPSA) is 74.3 Å². The van der Waals surface area contributed by atoms with E-state index in [1.807, 2.05) is 0 Å². The number of hydrogen-bond acceptors (Lipinski definition) is 5. The first-order chi connectivity index (χ1) is 13.8. The van der Waals surface area contributed by atoms with Gasteiger partial charge in [0, 0.05) is 12.1 Å². The molecule has 6 nitrogen and oxygen atoms in total. The van der Waals surface area contributed by atoms with Crippen LogP contribution in [0.4, 0.5) is 15.9 Å². The number of aryl methyl sites for hydroxylation is 1. The molecule has 0 unspecified atom stereocenters. The van der Waals surface area contributed by atoms with Crippen molar-refractivity contribution in [1.29, 1.82) is 0 Å². The van der Waals surface area contributed by atoms with Crippen LogP contribution in [0.25, 0.3) is 0 Å². The first-order valence-electron chi connectivity index (χ1n) is 9.73. The predicted molar refractivity (Wildman–Crippen MR) is 112 cm³/mol. The Labute approximate surface area is 175 Å². The second kappa shape index (κ2) is 7.74. The van der Waals surface area contributed by atoms with Crippen molar-refractivity contribution in [2.24, 2.45) is 0 Å². The van der Waals surface area contributed by atoms with Crippen LogP contribution in [0.2, 0.25) is 5.02 Å². The summed E-state index contributed by atoms with van der Waals surface area (Å²) in [6.07, 6.45) is 5.75. The minimum atomic E-state index is -3.90. The van der Waals surface area contributed by atoms with Crippen molar-refractivity contribution >= 4 is 33.1 Å². The first kappa shape index (κ1) is 20.4. The summed E-state index contributed by atoms with van der Waals surface area (Å²) in [6.45, 7) is 4.82. The molecule has 0 saturated carbocycles. The summed E-state index contributed by atoms with van der Waals surface area (Å²) in [5.41, 5.74) is 1.49. The molecule has 0 radical (unpaired) electrons. The van der Waals surface area contributed by atoms with Gasteiger partial charge in [-0.15, -0.1) is 0 Å². The number of sulfonamides is 1. The molecule has 2 N–H and O–H groups in total. The fraction of sp³-hybridized carbons (Fsp3) is 0.450. The molecule has 156 valence electrons. The van der Waals surface area contributed by atoms with Crippen LogP contribution in [-0.4, -0.2) is 43.5 Å². The van der Waals surface area contributed by atoms with Crippen molar-refractivity contribution in [3.8, 4) is 0 Å². The van der Waals surface area contributed by atoms with Crippen molar-refractivity contribution in [3.05, 3.63) is 46.9 Å². The molecule has 9 heteroatoms. The molecule has 4 rings (SSSR count). The van der Waals surface area contributed by atoms with Gasteiger partial charge in [-0.3, -0.25) is 9.62 Å². The third-order valence-corrected chi connectivity index (χ3v) is 7.75. The van der Waals surface area contributed by atoms with E-state index in [1.54, 1.807) is 13.0 Å². The molecule has 2 saturated heterocycles. The maximum absolute atomic E-state index is 13.0. The molecule has 2 fully saturated rings. The second-order valence-electron chi connectivity index (χ2n) is 7.84. The summed E-state index contributed by atoms with van der Waals surface area (Å²) in [7, 11) is -3.90. The molecule has 0 spiro atoms. The summed E-state index contributed by atoms with van der Waals surface area (Å²) in [5.74, 6) is -0.490.